The molecule has 0 bridgehead atoms. The lowest BCUT2D eigenvalue weighted by atomic mass is 10.1. The lowest BCUT2D eigenvalue weighted by Gasteiger charge is -2.04. The van der Waals surface area contributed by atoms with Crippen molar-refractivity contribution < 1.29 is 14.5 Å². The van der Waals surface area contributed by atoms with E-state index in [2.05, 4.69) is 15.3 Å². The van der Waals surface area contributed by atoms with Gasteiger partial charge in [-0.15, -0.1) is 0 Å². The Hall–Kier alpha value is -4.11. The maximum atomic E-state index is 12.5. The number of carbonyl (C=O) groups is 1. The van der Waals surface area contributed by atoms with E-state index in [0.717, 1.165) is 16.2 Å². The molecule has 0 unspecified atom stereocenters. The van der Waals surface area contributed by atoms with E-state index in [4.69, 9.17) is 4.74 Å². The number of non-ortho nitro benzene ring substituents is 1. The van der Waals surface area contributed by atoms with Gasteiger partial charge in [-0.2, -0.15) is 0 Å². The first-order chi connectivity index (χ1) is 15.0. The minimum absolute atomic E-state index is 0.00455. The molecule has 0 atom stereocenters. The number of aromatic nitrogens is 2. The van der Waals surface area contributed by atoms with Gasteiger partial charge in [0.1, 0.15) is 5.75 Å². The number of ether oxygens (including phenoxy) is 1. The largest absolute Gasteiger partial charge is 0.497 e. The van der Waals surface area contributed by atoms with Crippen LogP contribution in [0.15, 0.2) is 73.1 Å². The van der Waals surface area contributed by atoms with Crippen LogP contribution in [0.4, 0.5) is 10.8 Å². The molecule has 1 amide bonds. The molecule has 9 heteroatoms. The van der Waals surface area contributed by atoms with Gasteiger partial charge in [0.25, 0.3) is 11.6 Å². The van der Waals surface area contributed by atoms with Crippen LogP contribution in [0.25, 0.3) is 21.7 Å². The number of rotatable bonds is 6. The van der Waals surface area contributed by atoms with E-state index in [9.17, 15) is 14.9 Å². The van der Waals surface area contributed by atoms with Crippen LogP contribution in [0.2, 0.25) is 0 Å². The first kappa shape index (κ1) is 20.2. The van der Waals surface area contributed by atoms with E-state index >= 15 is 0 Å². The summed E-state index contributed by atoms with van der Waals surface area (Å²) in [6, 6.07) is 17.0. The highest BCUT2D eigenvalue weighted by molar-refractivity contribution is 7.19. The van der Waals surface area contributed by atoms with Crippen molar-refractivity contribution >= 4 is 28.1 Å². The highest BCUT2D eigenvalue weighted by atomic mass is 32.1. The Bertz CT molecular complexity index is 1220. The van der Waals surface area contributed by atoms with Gasteiger partial charge in [-0.25, -0.2) is 4.98 Å². The molecule has 1 N–H and O–H groups in total. The van der Waals surface area contributed by atoms with Crippen molar-refractivity contribution in [3.8, 4) is 27.4 Å². The molecular weight excluding hydrogens is 416 g/mol. The predicted octanol–water partition coefficient (Wildman–Crippen LogP) is 5.04. The molecule has 31 heavy (non-hydrogen) atoms. The van der Waals surface area contributed by atoms with Crippen LogP contribution >= 0.6 is 11.3 Å². The van der Waals surface area contributed by atoms with Gasteiger partial charge in [-0.3, -0.25) is 25.2 Å². The molecule has 0 aliphatic heterocycles. The molecule has 0 aliphatic carbocycles. The third-order valence-corrected chi connectivity index (χ3v) is 5.49. The Labute approximate surface area is 181 Å². The average Bonchev–Trinajstić information content (AvgIpc) is 3.23. The second-order valence-electron chi connectivity index (χ2n) is 6.43. The smallest absolute Gasteiger partial charge is 0.269 e. The number of amides is 1. The third kappa shape index (κ3) is 4.41. The van der Waals surface area contributed by atoms with Crippen molar-refractivity contribution in [3.63, 3.8) is 0 Å². The highest BCUT2D eigenvalue weighted by Crippen LogP contribution is 2.40. The number of anilines is 1. The fourth-order valence-electron chi connectivity index (χ4n) is 2.91. The number of hydrogen-bond donors (Lipinski definition) is 1. The van der Waals surface area contributed by atoms with Crippen molar-refractivity contribution in [1.29, 1.82) is 0 Å². The fraction of sp³-hybridized carbons (Fsp3) is 0.0455. The number of hydrogen-bond acceptors (Lipinski definition) is 7. The number of nitro benzene ring substituents is 1. The molecule has 0 spiro atoms. The number of methoxy groups -OCH3 is 1. The van der Waals surface area contributed by atoms with Gasteiger partial charge in [0.15, 0.2) is 5.13 Å². The molecule has 8 nitrogen and oxygen atoms in total. The second-order valence-corrected chi connectivity index (χ2v) is 7.42. The zero-order valence-electron chi connectivity index (χ0n) is 16.3. The Morgan fingerprint density at radius 3 is 2.39 bits per heavy atom. The van der Waals surface area contributed by atoms with Crippen LogP contribution in [0, 0.1) is 10.1 Å². The van der Waals surface area contributed by atoms with Gasteiger partial charge in [0.2, 0.25) is 0 Å². The maximum absolute atomic E-state index is 12.5. The number of nitrogens with one attached hydrogen (secondary N) is 1. The van der Waals surface area contributed by atoms with Gasteiger partial charge in [-0.1, -0.05) is 11.3 Å². The van der Waals surface area contributed by atoms with Crippen molar-refractivity contribution in [3.05, 3.63) is 88.7 Å². The quantitative estimate of drug-likeness (QED) is 0.338. The number of nitro groups is 1. The maximum Gasteiger partial charge on any atom is 0.269 e. The van der Waals surface area contributed by atoms with Gasteiger partial charge >= 0.3 is 0 Å². The van der Waals surface area contributed by atoms with Crippen molar-refractivity contribution in [2.24, 2.45) is 0 Å². The second kappa shape index (κ2) is 8.72. The van der Waals surface area contributed by atoms with Crippen LogP contribution in [-0.2, 0) is 0 Å². The lowest BCUT2D eigenvalue weighted by Crippen LogP contribution is -2.11. The van der Waals surface area contributed by atoms with Crippen molar-refractivity contribution in [1.82, 2.24) is 9.97 Å². The predicted molar refractivity (Wildman–Crippen MR) is 118 cm³/mol. The first-order valence-corrected chi connectivity index (χ1v) is 9.98. The van der Waals surface area contributed by atoms with Crippen molar-refractivity contribution in [2.45, 2.75) is 0 Å². The average molecular weight is 432 g/mol. The standard InChI is InChI=1S/C22H16N4O4S/c1-30-18-10-6-15(7-11-18)20-19(14-4-8-17(9-5-14)26(28)29)24-22(31-20)25-21(27)16-3-2-12-23-13-16/h2-13H,1H3,(H,24,25,27). The SMILES string of the molecule is COc1ccc(-c2sc(NC(=O)c3cccnc3)nc2-c2ccc([N+](=O)[O-])cc2)cc1. The van der Waals surface area contributed by atoms with E-state index in [0.29, 0.717) is 22.0 Å². The molecule has 0 fully saturated rings. The van der Waals surface area contributed by atoms with Crippen molar-refractivity contribution in [2.75, 3.05) is 12.4 Å². The number of nitrogens with zero attached hydrogens (tertiary/aromatic N) is 3. The molecule has 4 rings (SSSR count). The minimum atomic E-state index is -0.450. The Balaban J connectivity index is 1.74. The summed E-state index contributed by atoms with van der Waals surface area (Å²) in [7, 11) is 1.59. The molecule has 0 radical (unpaired) electrons. The summed E-state index contributed by atoms with van der Waals surface area (Å²) in [5, 5.41) is 14.2. The van der Waals surface area contributed by atoms with Gasteiger partial charge in [-0.05, 0) is 54.1 Å². The first-order valence-electron chi connectivity index (χ1n) is 9.16. The molecule has 4 aromatic rings. The Morgan fingerprint density at radius 1 is 1.06 bits per heavy atom. The van der Waals surface area contributed by atoms with E-state index in [1.807, 2.05) is 24.3 Å². The third-order valence-electron chi connectivity index (χ3n) is 4.48. The summed E-state index contributed by atoms with van der Waals surface area (Å²) < 4.78 is 5.22. The number of benzene rings is 2. The zero-order valence-corrected chi connectivity index (χ0v) is 17.1. The molecule has 0 saturated carbocycles. The monoisotopic (exact) mass is 432 g/mol. The van der Waals surface area contributed by atoms with Crippen LogP contribution in [0.5, 0.6) is 5.75 Å². The van der Waals surface area contributed by atoms with E-state index in [1.165, 1.54) is 29.7 Å². The van der Waals surface area contributed by atoms with E-state index in [-0.39, 0.29) is 11.6 Å². The topological polar surface area (TPSA) is 107 Å². The molecule has 0 aliphatic rings. The van der Waals surface area contributed by atoms with Gasteiger partial charge < -0.3 is 4.74 Å². The van der Waals surface area contributed by atoms with Crippen LogP contribution < -0.4 is 10.1 Å². The lowest BCUT2D eigenvalue weighted by molar-refractivity contribution is -0.384. The fourth-order valence-corrected chi connectivity index (χ4v) is 3.90. The molecule has 2 heterocycles. The minimum Gasteiger partial charge on any atom is -0.497 e. The summed E-state index contributed by atoms with van der Waals surface area (Å²) in [5.41, 5.74) is 2.62. The van der Waals surface area contributed by atoms with E-state index in [1.54, 1.807) is 37.6 Å². The number of thiazole rings is 1. The summed E-state index contributed by atoms with van der Waals surface area (Å²) in [6.45, 7) is 0. The Morgan fingerprint density at radius 2 is 1.77 bits per heavy atom. The molecule has 2 aromatic carbocycles. The zero-order chi connectivity index (χ0) is 21.8. The van der Waals surface area contributed by atoms with E-state index < -0.39 is 4.92 Å². The highest BCUT2D eigenvalue weighted by Gasteiger charge is 2.18. The molecule has 154 valence electrons. The van der Waals surface area contributed by atoms with Crippen LogP contribution in [0.3, 0.4) is 0 Å². The normalized spacial score (nSPS) is 10.5. The number of pyridine rings is 1. The molecule has 0 saturated heterocycles. The summed E-state index contributed by atoms with van der Waals surface area (Å²) in [6.07, 6.45) is 3.07. The number of carbonyl (C=O) groups excluding carboxylic acids is 1. The summed E-state index contributed by atoms with van der Waals surface area (Å²) >= 11 is 1.32. The van der Waals surface area contributed by atoms with Crippen LogP contribution in [0.1, 0.15) is 10.4 Å². The van der Waals surface area contributed by atoms with Gasteiger partial charge in [0, 0.05) is 30.1 Å². The Kier molecular flexibility index (Phi) is 5.67. The molecule has 2 aromatic heterocycles. The summed E-state index contributed by atoms with van der Waals surface area (Å²) in [4.78, 5) is 32.5. The van der Waals surface area contributed by atoms with Gasteiger partial charge in [0.05, 0.1) is 28.2 Å². The summed E-state index contributed by atoms with van der Waals surface area (Å²) in [5.74, 6) is 0.397. The molecular formula is C22H16N4O4S. The van der Waals surface area contributed by atoms with Crippen LogP contribution in [-0.4, -0.2) is 27.9 Å².